The molecule has 1 aromatic carbocycles. The summed E-state index contributed by atoms with van der Waals surface area (Å²) in [6.07, 6.45) is 0.889. The van der Waals surface area contributed by atoms with Crippen molar-refractivity contribution < 1.29 is 4.79 Å². The van der Waals surface area contributed by atoms with Crippen LogP contribution in [0.2, 0.25) is 0 Å². The summed E-state index contributed by atoms with van der Waals surface area (Å²) in [5.74, 6) is 0.419. The topological polar surface area (TPSA) is 74.8 Å². The van der Waals surface area contributed by atoms with Crippen LogP contribution in [0.4, 0.5) is 0 Å². The van der Waals surface area contributed by atoms with Crippen LogP contribution < -0.4 is 0 Å². The van der Waals surface area contributed by atoms with E-state index >= 15 is 0 Å². The Hall–Kier alpha value is -2.54. The van der Waals surface area contributed by atoms with Gasteiger partial charge in [0.1, 0.15) is 0 Å². The lowest BCUT2D eigenvalue weighted by Crippen LogP contribution is -2.38. The molecule has 2 aromatic heterocycles. The van der Waals surface area contributed by atoms with Crippen molar-refractivity contribution in [1.29, 1.82) is 0 Å². The molecule has 0 bridgehead atoms. The van der Waals surface area contributed by atoms with Gasteiger partial charge in [-0.1, -0.05) is 25.1 Å². The SMILES string of the molecule is CC[C@@H](C)N(Cc1sccc1C)C(=O)c1ccccc1-c1nn[nH]n1. The second kappa shape index (κ2) is 7.57. The third-order valence-electron chi connectivity index (χ3n) is 4.41. The molecule has 0 radical (unpaired) electrons. The molecule has 3 rings (SSSR count). The van der Waals surface area contributed by atoms with Crippen LogP contribution in [0.1, 0.15) is 41.1 Å². The predicted molar refractivity (Wildman–Crippen MR) is 98.3 cm³/mol. The molecule has 0 aliphatic carbocycles. The maximum absolute atomic E-state index is 13.3. The number of nitrogens with one attached hydrogen (secondary N) is 1. The zero-order valence-electron chi connectivity index (χ0n) is 14.6. The fraction of sp³-hybridized carbons (Fsp3) is 0.333. The Morgan fingerprint density at radius 3 is 2.76 bits per heavy atom. The first-order valence-corrected chi connectivity index (χ1v) is 9.16. The van der Waals surface area contributed by atoms with Crippen molar-refractivity contribution in [3.63, 3.8) is 0 Å². The summed E-state index contributed by atoms with van der Waals surface area (Å²) in [5.41, 5.74) is 2.51. The highest BCUT2D eigenvalue weighted by atomic mass is 32.1. The van der Waals surface area contributed by atoms with E-state index in [2.05, 4.69) is 52.8 Å². The fourth-order valence-corrected chi connectivity index (χ4v) is 3.57. The van der Waals surface area contributed by atoms with Crippen LogP contribution in [0, 0.1) is 6.92 Å². The van der Waals surface area contributed by atoms with Crippen LogP contribution in [0.25, 0.3) is 11.4 Å². The highest BCUT2D eigenvalue weighted by Gasteiger charge is 2.25. The van der Waals surface area contributed by atoms with Gasteiger partial charge in [0.2, 0.25) is 5.82 Å². The number of aromatic nitrogens is 4. The van der Waals surface area contributed by atoms with Crippen LogP contribution in [0.5, 0.6) is 0 Å². The van der Waals surface area contributed by atoms with E-state index in [4.69, 9.17) is 0 Å². The van der Waals surface area contributed by atoms with E-state index < -0.39 is 0 Å². The molecule has 7 heteroatoms. The van der Waals surface area contributed by atoms with Crippen molar-refractivity contribution in [2.24, 2.45) is 0 Å². The maximum Gasteiger partial charge on any atom is 0.255 e. The van der Waals surface area contributed by atoms with Gasteiger partial charge in [-0.15, -0.1) is 21.5 Å². The van der Waals surface area contributed by atoms with Crippen LogP contribution in [0.15, 0.2) is 35.7 Å². The molecule has 25 heavy (non-hydrogen) atoms. The largest absolute Gasteiger partial charge is 0.331 e. The third-order valence-corrected chi connectivity index (χ3v) is 5.42. The number of nitrogens with zero attached hydrogens (tertiary/aromatic N) is 4. The number of rotatable bonds is 6. The molecule has 0 fully saturated rings. The molecular formula is C18H21N5OS. The Morgan fingerprint density at radius 1 is 1.32 bits per heavy atom. The lowest BCUT2D eigenvalue weighted by atomic mass is 10.0. The van der Waals surface area contributed by atoms with Crippen molar-refractivity contribution in [2.45, 2.75) is 39.8 Å². The standard InChI is InChI=1S/C18H21N5OS/c1-4-13(3)23(11-16-12(2)9-10-25-16)18(24)15-8-6-5-7-14(15)17-19-21-22-20-17/h5-10,13H,4,11H2,1-3H3,(H,19,20,21,22)/t13-/m1/s1. The predicted octanol–water partition coefficient (Wildman–Crippen LogP) is 3.68. The summed E-state index contributed by atoms with van der Waals surface area (Å²) in [4.78, 5) is 16.5. The number of hydrogen-bond acceptors (Lipinski definition) is 5. The molecular weight excluding hydrogens is 334 g/mol. The minimum absolute atomic E-state index is 0.0115. The summed E-state index contributed by atoms with van der Waals surface area (Å²) < 4.78 is 0. The van der Waals surface area contributed by atoms with E-state index in [1.807, 2.05) is 29.2 Å². The van der Waals surface area contributed by atoms with Gasteiger partial charge >= 0.3 is 0 Å². The summed E-state index contributed by atoms with van der Waals surface area (Å²) in [7, 11) is 0. The maximum atomic E-state index is 13.3. The third kappa shape index (κ3) is 3.61. The van der Waals surface area contributed by atoms with Crippen LogP contribution in [-0.4, -0.2) is 37.5 Å². The molecule has 0 aliphatic rings. The molecule has 1 atom stereocenters. The van der Waals surface area contributed by atoms with Gasteiger partial charge in [0.15, 0.2) is 0 Å². The first-order valence-electron chi connectivity index (χ1n) is 8.28. The van der Waals surface area contributed by atoms with Crippen molar-refractivity contribution in [3.8, 4) is 11.4 Å². The van der Waals surface area contributed by atoms with Crippen LogP contribution >= 0.6 is 11.3 Å². The number of H-pyrrole nitrogens is 1. The number of hydrogen-bond donors (Lipinski definition) is 1. The number of thiophene rings is 1. The molecule has 2 heterocycles. The van der Waals surface area contributed by atoms with Gasteiger partial charge in [0.25, 0.3) is 5.91 Å². The second-order valence-corrected chi connectivity index (χ2v) is 7.00. The lowest BCUT2D eigenvalue weighted by molar-refractivity contribution is 0.0674. The van der Waals surface area contributed by atoms with Gasteiger partial charge in [0.05, 0.1) is 12.1 Å². The second-order valence-electron chi connectivity index (χ2n) is 6.00. The van der Waals surface area contributed by atoms with Gasteiger partial charge < -0.3 is 4.90 Å². The van der Waals surface area contributed by atoms with E-state index in [0.717, 1.165) is 6.42 Å². The van der Waals surface area contributed by atoms with Gasteiger partial charge in [-0.05, 0) is 48.6 Å². The Labute approximate surface area is 150 Å². The highest BCUT2D eigenvalue weighted by molar-refractivity contribution is 7.10. The first-order chi connectivity index (χ1) is 12.1. The molecule has 0 unspecified atom stereocenters. The van der Waals surface area contributed by atoms with Gasteiger partial charge in [-0.25, -0.2) is 0 Å². The molecule has 1 amide bonds. The average Bonchev–Trinajstić information content (AvgIpc) is 3.30. The van der Waals surface area contributed by atoms with Crippen molar-refractivity contribution in [3.05, 3.63) is 51.7 Å². The van der Waals surface area contributed by atoms with Crippen molar-refractivity contribution in [2.75, 3.05) is 0 Å². The number of carbonyl (C=O) groups is 1. The Balaban J connectivity index is 1.97. The number of carbonyl (C=O) groups excluding carboxylic acids is 1. The smallest absolute Gasteiger partial charge is 0.255 e. The number of benzene rings is 1. The van der Waals surface area contributed by atoms with E-state index in [1.165, 1.54) is 10.4 Å². The number of aromatic amines is 1. The Morgan fingerprint density at radius 2 is 2.12 bits per heavy atom. The first kappa shape index (κ1) is 17.3. The zero-order chi connectivity index (χ0) is 17.8. The molecule has 0 spiro atoms. The molecule has 0 aliphatic heterocycles. The van der Waals surface area contributed by atoms with Gasteiger partial charge in [-0.2, -0.15) is 5.21 Å². The zero-order valence-corrected chi connectivity index (χ0v) is 15.4. The molecule has 6 nitrogen and oxygen atoms in total. The summed E-state index contributed by atoms with van der Waals surface area (Å²) in [5, 5.41) is 16.2. The van der Waals surface area contributed by atoms with Gasteiger partial charge in [0, 0.05) is 16.5 Å². The van der Waals surface area contributed by atoms with Crippen molar-refractivity contribution >= 4 is 17.2 Å². The number of amides is 1. The Kier molecular flexibility index (Phi) is 5.23. The van der Waals surface area contributed by atoms with E-state index in [1.54, 1.807) is 11.3 Å². The lowest BCUT2D eigenvalue weighted by Gasteiger charge is -2.29. The fourth-order valence-electron chi connectivity index (χ4n) is 2.66. The molecule has 130 valence electrons. The van der Waals surface area contributed by atoms with E-state index in [0.29, 0.717) is 23.5 Å². The van der Waals surface area contributed by atoms with E-state index in [9.17, 15) is 4.79 Å². The molecule has 0 saturated heterocycles. The van der Waals surface area contributed by atoms with Crippen LogP contribution in [-0.2, 0) is 6.54 Å². The molecule has 1 N–H and O–H groups in total. The monoisotopic (exact) mass is 355 g/mol. The number of aryl methyl sites for hydroxylation is 1. The summed E-state index contributed by atoms with van der Waals surface area (Å²) in [6, 6.07) is 9.63. The summed E-state index contributed by atoms with van der Waals surface area (Å²) in [6.45, 7) is 6.87. The molecule has 3 aromatic rings. The Bertz CT molecular complexity index is 843. The van der Waals surface area contributed by atoms with Crippen molar-refractivity contribution in [1.82, 2.24) is 25.5 Å². The minimum Gasteiger partial charge on any atom is -0.331 e. The highest BCUT2D eigenvalue weighted by Crippen LogP contribution is 2.25. The average molecular weight is 355 g/mol. The van der Waals surface area contributed by atoms with Gasteiger partial charge in [-0.3, -0.25) is 4.79 Å². The molecule has 0 saturated carbocycles. The van der Waals surface area contributed by atoms with E-state index in [-0.39, 0.29) is 11.9 Å². The minimum atomic E-state index is -0.0115. The summed E-state index contributed by atoms with van der Waals surface area (Å²) >= 11 is 1.69. The van der Waals surface area contributed by atoms with Crippen LogP contribution in [0.3, 0.4) is 0 Å². The quantitative estimate of drug-likeness (QED) is 0.732. The number of tetrazole rings is 1. The normalized spacial score (nSPS) is 12.1.